The zero-order valence-electron chi connectivity index (χ0n) is 37.5. The lowest BCUT2D eigenvalue weighted by molar-refractivity contribution is -0.298. The van der Waals surface area contributed by atoms with E-state index >= 15 is 0 Å². The van der Waals surface area contributed by atoms with Crippen LogP contribution in [-0.2, 0) is 33.3 Å². The van der Waals surface area contributed by atoms with Gasteiger partial charge in [0.15, 0.2) is 18.5 Å². The average molecular weight is 841 g/mol. The SMILES string of the molecule is CCCCCCCCC/C=C\CCCCCCCCCC(=O)OCC(COC1OC(C(=O)O)C(O)C(O)C1O)OC(=O)CCCCCCCCCCCCCCCCC. The summed E-state index contributed by atoms with van der Waals surface area (Å²) in [5.41, 5.74) is 0. The second kappa shape index (κ2) is 38.8. The molecule has 0 spiro atoms. The van der Waals surface area contributed by atoms with Crippen molar-refractivity contribution in [2.45, 2.75) is 263 Å². The molecule has 0 amide bonds. The third-order valence-corrected chi connectivity index (χ3v) is 11.4. The Balaban J connectivity index is 2.32. The van der Waals surface area contributed by atoms with Crippen molar-refractivity contribution in [2.75, 3.05) is 13.2 Å². The topological polar surface area (TPSA) is 169 Å². The Bertz CT molecular complexity index is 1040. The molecule has 11 heteroatoms. The van der Waals surface area contributed by atoms with Gasteiger partial charge < -0.3 is 39.4 Å². The number of unbranched alkanes of at least 4 members (excludes halogenated alkanes) is 28. The molecule has 0 aliphatic carbocycles. The van der Waals surface area contributed by atoms with Crippen LogP contribution >= 0.6 is 0 Å². The molecule has 0 aromatic carbocycles. The molecule has 1 saturated heterocycles. The number of hydrogen-bond donors (Lipinski definition) is 4. The standard InChI is InChI=1S/C48H88O11/c1-3-5-7-9-11-13-15-17-19-20-21-23-24-26-28-30-32-34-36-41(49)56-38-40(39-57-48-45(53)43(51)44(52)46(59-48)47(54)55)58-42(50)37-35-33-31-29-27-25-22-18-16-14-12-10-8-6-4-2/h19-20,40,43-46,48,51-53H,3-18,21-39H2,1-2H3,(H,54,55)/b20-19-. The van der Waals surface area contributed by atoms with Crippen molar-refractivity contribution in [1.82, 2.24) is 0 Å². The molecule has 4 N–H and O–H groups in total. The molecule has 59 heavy (non-hydrogen) atoms. The van der Waals surface area contributed by atoms with Crippen molar-refractivity contribution in [3.8, 4) is 0 Å². The highest BCUT2D eigenvalue weighted by Crippen LogP contribution is 2.23. The third-order valence-electron chi connectivity index (χ3n) is 11.4. The van der Waals surface area contributed by atoms with E-state index in [-0.39, 0.29) is 26.1 Å². The van der Waals surface area contributed by atoms with Crippen molar-refractivity contribution in [3.05, 3.63) is 12.2 Å². The van der Waals surface area contributed by atoms with Crippen molar-refractivity contribution in [2.24, 2.45) is 0 Å². The van der Waals surface area contributed by atoms with Gasteiger partial charge in [0.05, 0.1) is 6.61 Å². The number of aliphatic hydroxyl groups is 3. The van der Waals surface area contributed by atoms with Crippen LogP contribution in [0.25, 0.3) is 0 Å². The van der Waals surface area contributed by atoms with E-state index in [9.17, 15) is 34.8 Å². The van der Waals surface area contributed by atoms with E-state index in [0.29, 0.717) is 12.8 Å². The highest BCUT2D eigenvalue weighted by atomic mass is 16.7. The van der Waals surface area contributed by atoms with Gasteiger partial charge >= 0.3 is 17.9 Å². The Morgan fingerprint density at radius 3 is 1.32 bits per heavy atom. The molecule has 1 fully saturated rings. The summed E-state index contributed by atoms with van der Waals surface area (Å²) in [5, 5.41) is 39.9. The van der Waals surface area contributed by atoms with Crippen molar-refractivity contribution in [3.63, 3.8) is 0 Å². The van der Waals surface area contributed by atoms with Gasteiger partial charge in [0.25, 0.3) is 0 Å². The first-order chi connectivity index (χ1) is 28.7. The van der Waals surface area contributed by atoms with Crippen LogP contribution < -0.4 is 0 Å². The molecule has 6 unspecified atom stereocenters. The minimum absolute atomic E-state index is 0.188. The van der Waals surface area contributed by atoms with Crippen LogP contribution in [0, 0.1) is 0 Å². The number of carbonyl (C=O) groups is 3. The van der Waals surface area contributed by atoms with Crippen LogP contribution in [-0.4, -0.2) is 88.4 Å². The molecular formula is C48H88O11. The first-order valence-electron chi connectivity index (χ1n) is 24.2. The fraction of sp³-hybridized carbons (Fsp3) is 0.896. The van der Waals surface area contributed by atoms with Gasteiger partial charge in [0.1, 0.15) is 24.9 Å². The number of rotatable bonds is 41. The van der Waals surface area contributed by atoms with E-state index in [4.69, 9.17) is 18.9 Å². The summed E-state index contributed by atoms with van der Waals surface area (Å²) >= 11 is 0. The van der Waals surface area contributed by atoms with Gasteiger partial charge in [-0.05, 0) is 38.5 Å². The molecule has 0 bridgehead atoms. The number of allylic oxidation sites excluding steroid dienone is 2. The molecule has 1 rings (SSSR count). The maximum absolute atomic E-state index is 12.8. The molecule has 1 aliphatic heterocycles. The summed E-state index contributed by atoms with van der Waals surface area (Å²) in [7, 11) is 0. The lowest BCUT2D eigenvalue weighted by Gasteiger charge is -2.38. The van der Waals surface area contributed by atoms with Crippen LogP contribution in [0.3, 0.4) is 0 Å². The van der Waals surface area contributed by atoms with Crippen LogP contribution in [0.2, 0.25) is 0 Å². The summed E-state index contributed by atoms with van der Waals surface area (Å²) in [6, 6.07) is 0. The Morgan fingerprint density at radius 2 is 0.898 bits per heavy atom. The summed E-state index contributed by atoms with van der Waals surface area (Å²) in [6.45, 7) is 3.83. The number of carboxylic acids is 1. The summed E-state index contributed by atoms with van der Waals surface area (Å²) in [4.78, 5) is 36.9. The molecule has 0 aromatic heterocycles. The van der Waals surface area contributed by atoms with E-state index in [0.717, 1.165) is 44.9 Å². The summed E-state index contributed by atoms with van der Waals surface area (Å²) in [6.07, 6.45) is 32.6. The van der Waals surface area contributed by atoms with Gasteiger partial charge in [-0.15, -0.1) is 0 Å². The number of carboxylic acid groups (broad SMARTS) is 1. The zero-order valence-corrected chi connectivity index (χ0v) is 37.5. The number of ether oxygens (including phenoxy) is 4. The van der Waals surface area contributed by atoms with E-state index in [1.165, 1.54) is 141 Å². The fourth-order valence-corrected chi connectivity index (χ4v) is 7.52. The van der Waals surface area contributed by atoms with Gasteiger partial charge in [-0.3, -0.25) is 9.59 Å². The van der Waals surface area contributed by atoms with Gasteiger partial charge in [0.2, 0.25) is 0 Å². The molecule has 0 radical (unpaired) electrons. The number of carbonyl (C=O) groups excluding carboxylic acids is 2. The quantitative estimate of drug-likeness (QED) is 0.0263. The Hall–Kier alpha value is -2.05. The maximum atomic E-state index is 12.8. The number of hydrogen-bond acceptors (Lipinski definition) is 10. The summed E-state index contributed by atoms with van der Waals surface area (Å²) < 4.78 is 21.8. The van der Waals surface area contributed by atoms with Crippen LogP contribution in [0.15, 0.2) is 12.2 Å². The molecule has 11 nitrogen and oxygen atoms in total. The Labute approximate surface area is 358 Å². The maximum Gasteiger partial charge on any atom is 0.335 e. The fourth-order valence-electron chi connectivity index (χ4n) is 7.52. The van der Waals surface area contributed by atoms with Gasteiger partial charge in [-0.25, -0.2) is 4.79 Å². The molecular weight excluding hydrogens is 753 g/mol. The van der Waals surface area contributed by atoms with Crippen LogP contribution in [0.5, 0.6) is 0 Å². The Morgan fingerprint density at radius 1 is 0.508 bits per heavy atom. The van der Waals surface area contributed by atoms with E-state index in [1.54, 1.807) is 0 Å². The van der Waals surface area contributed by atoms with Gasteiger partial charge in [-0.2, -0.15) is 0 Å². The first-order valence-corrected chi connectivity index (χ1v) is 24.2. The predicted octanol–water partition coefficient (Wildman–Crippen LogP) is 10.8. The second-order valence-corrected chi connectivity index (χ2v) is 17.0. The van der Waals surface area contributed by atoms with Crippen molar-refractivity contribution in [1.29, 1.82) is 0 Å². The second-order valence-electron chi connectivity index (χ2n) is 17.0. The van der Waals surface area contributed by atoms with Crippen LogP contribution in [0.1, 0.15) is 226 Å². The van der Waals surface area contributed by atoms with Gasteiger partial charge in [-0.1, -0.05) is 187 Å². The van der Waals surface area contributed by atoms with Crippen LogP contribution in [0.4, 0.5) is 0 Å². The number of esters is 2. The smallest absolute Gasteiger partial charge is 0.335 e. The van der Waals surface area contributed by atoms with Gasteiger partial charge in [0, 0.05) is 12.8 Å². The molecule has 1 heterocycles. The zero-order chi connectivity index (χ0) is 43.2. The predicted molar refractivity (Wildman–Crippen MR) is 234 cm³/mol. The normalized spacial score (nSPS) is 19.9. The van der Waals surface area contributed by atoms with E-state index < -0.39 is 54.7 Å². The molecule has 6 atom stereocenters. The first kappa shape index (κ1) is 55.0. The summed E-state index contributed by atoms with van der Waals surface area (Å²) in [5.74, 6) is -2.43. The van der Waals surface area contributed by atoms with E-state index in [2.05, 4.69) is 26.0 Å². The lowest BCUT2D eigenvalue weighted by Crippen LogP contribution is -2.60. The minimum Gasteiger partial charge on any atom is -0.479 e. The highest BCUT2D eigenvalue weighted by molar-refractivity contribution is 5.73. The Kier molecular flexibility index (Phi) is 36.2. The highest BCUT2D eigenvalue weighted by Gasteiger charge is 2.47. The molecule has 0 saturated carbocycles. The molecule has 0 aromatic rings. The number of aliphatic carboxylic acids is 1. The van der Waals surface area contributed by atoms with Crippen molar-refractivity contribution < 1.29 is 53.8 Å². The minimum atomic E-state index is -1.86. The average Bonchev–Trinajstić information content (AvgIpc) is 3.22. The lowest BCUT2D eigenvalue weighted by atomic mass is 9.99. The third kappa shape index (κ3) is 30.6. The number of aliphatic hydroxyl groups excluding tert-OH is 3. The largest absolute Gasteiger partial charge is 0.479 e. The van der Waals surface area contributed by atoms with E-state index in [1.807, 2.05) is 0 Å². The molecule has 1 aliphatic rings. The monoisotopic (exact) mass is 841 g/mol. The van der Waals surface area contributed by atoms with Crippen molar-refractivity contribution >= 4 is 17.9 Å². The molecule has 346 valence electrons.